The smallest absolute Gasteiger partial charge is 0.257 e. The Labute approximate surface area is 206 Å². The topological polar surface area (TPSA) is 94.6 Å². The highest BCUT2D eigenvalue weighted by molar-refractivity contribution is 7.18. The second-order valence-corrected chi connectivity index (χ2v) is 9.69. The fraction of sp³-hybridized carbons (Fsp3) is 0.348. The number of carbonyl (C=O) groups excluding carboxylic acids is 2. The minimum atomic E-state index is -0.318. The van der Waals surface area contributed by atoms with E-state index in [1.165, 1.54) is 24.2 Å². The first-order valence-electron chi connectivity index (χ1n) is 11.2. The molecule has 0 atom stereocenters. The molecule has 1 aliphatic heterocycles. The highest BCUT2D eigenvalue weighted by Gasteiger charge is 2.31. The zero-order chi connectivity index (χ0) is 23.5. The van der Waals surface area contributed by atoms with E-state index in [4.69, 9.17) is 11.8 Å². The van der Waals surface area contributed by atoms with Crippen molar-refractivity contribution >= 4 is 45.7 Å². The van der Waals surface area contributed by atoms with E-state index in [9.17, 15) is 9.59 Å². The summed E-state index contributed by atoms with van der Waals surface area (Å²) in [6, 6.07) is 11.0. The van der Waals surface area contributed by atoms with Crippen molar-refractivity contribution in [2.75, 3.05) is 42.5 Å². The fourth-order valence-electron chi connectivity index (χ4n) is 3.92. The summed E-state index contributed by atoms with van der Waals surface area (Å²) >= 11 is 7.58. The molecule has 2 fully saturated rings. The minimum Gasteiger partial charge on any atom is -0.298 e. The normalized spacial score (nSPS) is 16.9. The van der Waals surface area contributed by atoms with Crippen molar-refractivity contribution in [1.29, 1.82) is 0 Å². The Morgan fingerprint density at radius 2 is 1.85 bits per heavy atom. The van der Waals surface area contributed by atoms with Crippen LogP contribution in [0.5, 0.6) is 0 Å². The lowest BCUT2D eigenvalue weighted by molar-refractivity contribution is -0.119. The first-order chi connectivity index (χ1) is 16.6. The summed E-state index contributed by atoms with van der Waals surface area (Å²) in [6.45, 7) is 4.03. The number of hydrogen-bond donors (Lipinski definition) is 1. The van der Waals surface area contributed by atoms with Crippen molar-refractivity contribution < 1.29 is 9.59 Å². The molecule has 5 rings (SSSR count). The Morgan fingerprint density at radius 3 is 2.53 bits per heavy atom. The van der Waals surface area contributed by atoms with Crippen LogP contribution in [0.15, 0.2) is 48.8 Å². The van der Waals surface area contributed by atoms with Gasteiger partial charge in [-0.15, -0.1) is 10.2 Å². The number of rotatable bonds is 7. The molecule has 3 heterocycles. The lowest BCUT2D eigenvalue weighted by Gasteiger charge is -2.34. The Morgan fingerprint density at radius 1 is 1.09 bits per heavy atom. The molecular formula is C23H24ClN7O2S. The quantitative estimate of drug-likeness (QED) is 0.501. The number of anilines is 2. The van der Waals surface area contributed by atoms with Crippen LogP contribution in [0.4, 0.5) is 10.8 Å². The van der Waals surface area contributed by atoms with Crippen molar-refractivity contribution in [2.45, 2.75) is 18.9 Å². The maximum atomic E-state index is 12.7. The van der Waals surface area contributed by atoms with Crippen molar-refractivity contribution in [3.05, 3.63) is 54.4 Å². The molecule has 11 heteroatoms. The van der Waals surface area contributed by atoms with E-state index in [1.54, 1.807) is 36.7 Å². The summed E-state index contributed by atoms with van der Waals surface area (Å²) in [4.78, 5) is 34.0. The summed E-state index contributed by atoms with van der Waals surface area (Å²) in [5.74, 6) is -0.503. The van der Waals surface area contributed by atoms with Crippen molar-refractivity contribution in [3.63, 3.8) is 0 Å². The maximum absolute atomic E-state index is 12.7. The SMILES string of the molecule is O=C(Nc1nnc(-c2cccnc2)s1)c1ccc(N(Cl)C(=O)CN2CCN(C3CC3)CC2)cc1. The highest BCUT2D eigenvalue weighted by atomic mass is 35.5. The molecular weight excluding hydrogens is 474 g/mol. The van der Waals surface area contributed by atoms with E-state index in [-0.39, 0.29) is 18.4 Å². The van der Waals surface area contributed by atoms with E-state index < -0.39 is 0 Å². The largest absolute Gasteiger partial charge is 0.298 e. The predicted molar refractivity (Wildman–Crippen MR) is 132 cm³/mol. The number of halogens is 1. The van der Waals surface area contributed by atoms with Crippen LogP contribution in [0, 0.1) is 0 Å². The summed E-state index contributed by atoms with van der Waals surface area (Å²) < 4.78 is 1.12. The molecule has 34 heavy (non-hydrogen) atoms. The third-order valence-electron chi connectivity index (χ3n) is 5.96. The monoisotopic (exact) mass is 497 g/mol. The molecule has 1 saturated heterocycles. The van der Waals surface area contributed by atoms with Gasteiger partial charge in [0.2, 0.25) is 5.13 Å². The molecule has 1 aliphatic carbocycles. The molecule has 1 aromatic carbocycles. The van der Waals surface area contributed by atoms with E-state index in [1.807, 2.05) is 12.1 Å². The fourth-order valence-corrected chi connectivity index (χ4v) is 4.81. The van der Waals surface area contributed by atoms with Gasteiger partial charge in [0.1, 0.15) is 0 Å². The summed E-state index contributed by atoms with van der Waals surface area (Å²) in [6.07, 6.45) is 5.98. The zero-order valence-corrected chi connectivity index (χ0v) is 20.0. The van der Waals surface area contributed by atoms with Crippen LogP contribution in [-0.2, 0) is 4.79 Å². The molecule has 2 aromatic heterocycles. The average molecular weight is 498 g/mol. The number of aromatic nitrogens is 3. The number of benzene rings is 1. The summed E-state index contributed by atoms with van der Waals surface area (Å²) in [5, 5.41) is 11.9. The van der Waals surface area contributed by atoms with Crippen LogP contribution in [0.25, 0.3) is 10.6 Å². The Hall–Kier alpha value is -2.92. The van der Waals surface area contributed by atoms with Gasteiger partial charge >= 0.3 is 0 Å². The molecule has 1 saturated carbocycles. The van der Waals surface area contributed by atoms with Gasteiger partial charge in [0, 0.05) is 67.5 Å². The predicted octanol–water partition coefficient (Wildman–Crippen LogP) is 3.12. The van der Waals surface area contributed by atoms with Crippen LogP contribution in [-0.4, -0.2) is 75.6 Å². The molecule has 176 valence electrons. The molecule has 2 aliphatic rings. The maximum Gasteiger partial charge on any atom is 0.257 e. The Balaban J connectivity index is 1.14. The van der Waals surface area contributed by atoms with E-state index in [2.05, 4.69) is 30.3 Å². The number of carbonyl (C=O) groups is 2. The highest BCUT2D eigenvalue weighted by Crippen LogP contribution is 2.28. The van der Waals surface area contributed by atoms with Gasteiger partial charge in [-0.3, -0.25) is 29.7 Å². The molecule has 0 radical (unpaired) electrons. The lowest BCUT2D eigenvalue weighted by atomic mass is 10.2. The van der Waals surface area contributed by atoms with Crippen LogP contribution in [0.1, 0.15) is 23.2 Å². The van der Waals surface area contributed by atoms with Crippen molar-refractivity contribution in [2.24, 2.45) is 0 Å². The van der Waals surface area contributed by atoms with Gasteiger partial charge in [-0.25, -0.2) is 4.42 Å². The van der Waals surface area contributed by atoms with E-state index >= 15 is 0 Å². The third kappa shape index (κ3) is 5.41. The molecule has 1 N–H and O–H groups in total. The summed E-state index contributed by atoms with van der Waals surface area (Å²) in [5.41, 5.74) is 1.78. The first kappa shape index (κ1) is 22.9. The number of piperazine rings is 1. The zero-order valence-electron chi connectivity index (χ0n) is 18.4. The Kier molecular flexibility index (Phi) is 6.82. The standard InChI is InChI=1S/C23H24ClN7O2S/c24-31(20(32)15-29-10-12-30(13-11-29)18-7-8-18)19-5-3-16(4-6-19)21(33)26-23-28-27-22(34-23)17-2-1-9-25-14-17/h1-6,9,14,18H,7-8,10-13,15H2,(H,26,28,33). The number of amides is 2. The van der Waals surface area contributed by atoms with Gasteiger partial charge in [-0.1, -0.05) is 11.3 Å². The van der Waals surface area contributed by atoms with Crippen molar-refractivity contribution in [3.8, 4) is 10.6 Å². The van der Waals surface area contributed by atoms with E-state index in [0.717, 1.165) is 42.2 Å². The van der Waals surface area contributed by atoms with Crippen molar-refractivity contribution in [1.82, 2.24) is 25.0 Å². The van der Waals surface area contributed by atoms with E-state index in [0.29, 0.717) is 21.4 Å². The first-order valence-corrected chi connectivity index (χ1v) is 12.3. The lowest BCUT2D eigenvalue weighted by Crippen LogP contribution is -2.49. The van der Waals surface area contributed by atoms with Gasteiger partial charge < -0.3 is 0 Å². The average Bonchev–Trinajstić information content (AvgIpc) is 3.63. The van der Waals surface area contributed by atoms with Crippen LogP contribution < -0.4 is 9.74 Å². The molecule has 0 bridgehead atoms. The van der Waals surface area contributed by atoms with Crippen LogP contribution in [0.3, 0.4) is 0 Å². The molecule has 2 amide bonds. The molecule has 0 spiro atoms. The van der Waals surface area contributed by atoms with Crippen LogP contribution >= 0.6 is 23.1 Å². The number of hydrogen-bond acceptors (Lipinski definition) is 8. The number of pyridine rings is 1. The molecule has 0 unspecified atom stereocenters. The van der Waals surface area contributed by atoms with Gasteiger partial charge in [0.25, 0.3) is 11.8 Å². The van der Waals surface area contributed by atoms with Gasteiger partial charge in [-0.05, 0) is 49.2 Å². The number of nitrogens with zero attached hydrogens (tertiary/aromatic N) is 6. The molecule has 9 nitrogen and oxygen atoms in total. The molecule has 3 aromatic rings. The third-order valence-corrected chi connectivity index (χ3v) is 7.23. The van der Waals surface area contributed by atoms with Crippen LogP contribution in [0.2, 0.25) is 0 Å². The number of nitrogens with one attached hydrogen (secondary N) is 1. The second-order valence-electron chi connectivity index (χ2n) is 8.37. The van der Waals surface area contributed by atoms with Gasteiger partial charge in [0.15, 0.2) is 5.01 Å². The van der Waals surface area contributed by atoms with Gasteiger partial charge in [0.05, 0.1) is 12.2 Å². The minimum absolute atomic E-state index is 0.185. The second kappa shape index (κ2) is 10.1. The van der Waals surface area contributed by atoms with Gasteiger partial charge in [-0.2, -0.15) is 0 Å². The summed E-state index contributed by atoms with van der Waals surface area (Å²) in [7, 11) is 0. The Bertz CT molecular complexity index is 1150.